The molecule has 0 aliphatic rings. The van der Waals surface area contributed by atoms with Crippen LogP contribution in [0.2, 0.25) is 0 Å². The van der Waals surface area contributed by atoms with Gasteiger partial charge in [-0.3, -0.25) is 9.59 Å². The molecule has 0 amide bonds. The summed E-state index contributed by atoms with van der Waals surface area (Å²) in [6.45, 7) is 1.47. The first-order chi connectivity index (χ1) is 6.02. The van der Waals surface area contributed by atoms with E-state index in [1.807, 2.05) is 0 Å². The van der Waals surface area contributed by atoms with Crippen molar-refractivity contribution in [2.75, 3.05) is 0 Å². The maximum Gasteiger partial charge on any atom is 0.303 e. The predicted molar refractivity (Wildman–Crippen MR) is 46.4 cm³/mol. The SMILES string of the molecule is CC(=O)CCCC(=O)CCC(=O)O. The highest BCUT2D eigenvalue weighted by Crippen LogP contribution is 2.02. The number of carbonyl (C=O) groups excluding carboxylic acids is 2. The van der Waals surface area contributed by atoms with Crippen LogP contribution in [0.3, 0.4) is 0 Å². The van der Waals surface area contributed by atoms with Crippen LogP contribution in [0.15, 0.2) is 0 Å². The van der Waals surface area contributed by atoms with Gasteiger partial charge in [-0.1, -0.05) is 0 Å². The fourth-order valence-corrected chi connectivity index (χ4v) is 0.906. The van der Waals surface area contributed by atoms with Crippen LogP contribution in [0.25, 0.3) is 0 Å². The zero-order valence-electron chi connectivity index (χ0n) is 7.71. The van der Waals surface area contributed by atoms with Crippen LogP contribution in [-0.2, 0) is 14.4 Å². The number of Topliss-reactive ketones (excluding diaryl/α,β-unsaturated/α-hetero) is 2. The summed E-state index contributed by atoms with van der Waals surface area (Å²) in [5.74, 6) is -0.977. The molecule has 4 heteroatoms. The van der Waals surface area contributed by atoms with E-state index in [1.165, 1.54) is 6.92 Å². The number of carboxylic acid groups (broad SMARTS) is 1. The summed E-state index contributed by atoms with van der Waals surface area (Å²) >= 11 is 0. The Morgan fingerprint density at radius 1 is 1.00 bits per heavy atom. The minimum absolute atomic E-state index is 0.0611. The number of carboxylic acids is 1. The zero-order chi connectivity index (χ0) is 10.3. The normalized spacial score (nSPS) is 9.62. The fraction of sp³-hybridized carbons (Fsp3) is 0.667. The minimum Gasteiger partial charge on any atom is -0.481 e. The molecule has 0 aromatic carbocycles. The smallest absolute Gasteiger partial charge is 0.303 e. The van der Waals surface area contributed by atoms with E-state index in [2.05, 4.69) is 0 Å². The molecule has 0 rings (SSSR count). The lowest BCUT2D eigenvalue weighted by atomic mass is 10.1. The zero-order valence-corrected chi connectivity index (χ0v) is 7.71. The summed E-state index contributed by atoms with van der Waals surface area (Å²) in [5, 5.41) is 8.27. The van der Waals surface area contributed by atoms with Crippen LogP contribution in [-0.4, -0.2) is 22.6 Å². The lowest BCUT2D eigenvalue weighted by Gasteiger charge is -1.96. The highest BCUT2D eigenvalue weighted by Gasteiger charge is 2.05. The molecule has 0 aliphatic heterocycles. The molecule has 0 spiro atoms. The number of hydrogen-bond donors (Lipinski definition) is 1. The quantitative estimate of drug-likeness (QED) is 0.648. The Labute approximate surface area is 76.9 Å². The lowest BCUT2D eigenvalue weighted by Crippen LogP contribution is -2.03. The summed E-state index contributed by atoms with van der Waals surface area (Å²) < 4.78 is 0. The van der Waals surface area contributed by atoms with Gasteiger partial charge in [0.15, 0.2) is 0 Å². The van der Waals surface area contributed by atoms with Gasteiger partial charge in [-0.2, -0.15) is 0 Å². The third-order valence-corrected chi connectivity index (χ3v) is 1.60. The van der Waals surface area contributed by atoms with E-state index in [4.69, 9.17) is 5.11 Å². The Bertz CT molecular complexity index is 208. The summed E-state index contributed by atoms with van der Waals surface area (Å²) in [6.07, 6.45) is 1.21. The van der Waals surface area contributed by atoms with E-state index >= 15 is 0 Å². The van der Waals surface area contributed by atoms with Crippen LogP contribution in [0.4, 0.5) is 0 Å². The molecule has 0 aliphatic carbocycles. The van der Waals surface area contributed by atoms with Crippen LogP contribution in [0.5, 0.6) is 0 Å². The van der Waals surface area contributed by atoms with Crippen molar-refractivity contribution in [1.29, 1.82) is 0 Å². The molecule has 1 N–H and O–H groups in total. The highest BCUT2D eigenvalue weighted by molar-refractivity contribution is 5.83. The second kappa shape index (κ2) is 6.34. The number of rotatable bonds is 7. The largest absolute Gasteiger partial charge is 0.481 e. The average Bonchev–Trinajstić information content (AvgIpc) is 2.00. The maximum atomic E-state index is 11.0. The molecule has 13 heavy (non-hydrogen) atoms. The molecule has 4 nitrogen and oxygen atoms in total. The first kappa shape index (κ1) is 11.8. The molecule has 0 atom stereocenters. The number of ketones is 2. The van der Waals surface area contributed by atoms with Gasteiger partial charge >= 0.3 is 5.97 Å². The van der Waals surface area contributed by atoms with Gasteiger partial charge in [-0.15, -0.1) is 0 Å². The highest BCUT2D eigenvalue weighted by atomic mass is 16.4. The molecule has 0 aromatic heterocycles. The number of hydrogen-bond acceptors (Lipinski definition) is 3. The second-order valence-electron chi connectivity index (χ2n) is 2.99. The summed E-state index contributed by atoms with van der Waals surface area (Å²) in [4.78, 5) is 31.5. The Morgan fingerprint density at radius 2 is 1.62 bits per heavy atom. The molecule has 0 aromatic rings. The van der Waals surface area contributed by atoms with Crippen molar-refractivity contribution in [3.8, 4) is 0 Å². The first-order valence-electron chi connectivity index (χ1n) is 4.25. The molecular formula is C9H14O4. The minimum atomic E-state index is -0.958. The van der Waals surface area contributed by atoms with Gasteiger partial charge in [0, 0.05) is 19.3 Å². The molecule has 0 unspecified atom stereocenters. The van der Waals surface area contributed by atoms with Crippen molar-refractivity contribution in [1.82, 2.24) is 0 Å². The van der Waals surface area contributed by atoms with E-state index in [1.54, 1.807) is 0 Å². The second-order valence-corrected chi connectivity index (χ2v) is 2.99. The first-order valence-corrected chi connectivity index (χ1v) is 4.25. The molecule has 0 saturated heterocycles. The van der Waals surface area contributed by atoms with E-state index in [-0.39, 0.29) is 24.4 Å². The summed E-state index contributed by atoms with van der Waals surface area (Å²) in [7, 11) is 0. The van der Waals surface area contributed by atoms with Crippen LogP contribution in [0, 0.1) is 0 Å². The van der Waals surface area contributed by atoms with Gasteiger partial charge in [-0.25, -0.2) is 0 Å². The Morgan fingerprint density at radius 3 is 2.08 bits per heavy atom. The molecular weight excluding hydrogens is 172 g/mol. The van der Waals surface area contributed by atoms with Gasteiger partial charge in [0.05, 0.1) is 6.42 Å². The van der Waals surface area contributed by atoms with Crippen molar-refractivity contribution in [3.63, 3.8) is 0 Å². The molecule has 74 valence electrons. The average molecular weight is 186 g/mol. The van der Waals surface area contributed by atoms with E-state index in [0.717, 1.165) is 0 Å². The Hall–Kier alpha value is -1.19. The van der Waals surface area contributed by atoms with Crippen molar-refractivity contribution >= 4 is 17.5 Å². The molecule has 0 fully saturated rings. The third-order valence-electron chi connectivity index (χ3n) is 1.60. The summed E-state index contributed by atoms with van der Waals surface area (Å²) in [5.41, 5.74) is 0. The van der Waals surface area contributed by atoms with Crippen LogP contribution < -0.4 is 0 Å². The van der Waals surface area contributed by atoms with Crippen LogP contribution in [0.1, 0.15) is 39.0 Å². The number of aliphatic carboxylic acids is 1. The molecule has 0 radical (unpaired) electrons. The van der Waals surface area contributed by atoms with Crippen molar-refractivity contribution in [2.24, 2.45) is 0 Å². The van der Waals surface area contributed by atoms with Gasteiger partial charge in [0.1, 0.15) is 11.6 Å². The number of carbonyl (C=O) groups is 3. The van der Waals surface area contributed by atoms with Gasteiger partial charge in [0.25, 0.3) is 0 Å². The maximum absolute atomic E-state index is 11.0. The predicted octanol–water partition coefficient (Wildman–Crippen LogP) is 1.18. The van der Waals surface area contributed by atoms with Crippen molar-refractivity contribution in [3.05, 3.63) is 0 Å². The van der Waals surface area contributed by atoms with Gasteiger partial charge in [0.2, 0.25) is 0 Å². The molecule has 0 heterocycles. The molecule has 0 bridgehead atoms. The van der Waals surface area contributed by atoms with Crippen molar-refractivity contribution in [2.45, 2.75) is 39.0 Å². The topological polar surface area (TPSA) is 71.4 Å². The van der Waals surface area contributed by atoms with Crippen molar-refractivity contribution < 1.29 is 19.5 Å². The van der Waals surface area contributed by atoms with Gasteiger partial charge in [-0.05, 0) is 13.3 Å². The summed E-state index contributed by atoms with van der Waals surface area (Å²) in [6, 6.07) is 0. The Balaban J connectivity index is 3.41. The van der Waals surface area contributed by atoms with Gasteiger partial charge < -0.3 is 9.90 Å². The molecule has 0 saturated carbocycles. The monoisotopic (exact) mass is 186 g/mol. The Kier molecular flexibility index (Phi) is 5.76. The fourth-order valence-electron chi connectivity index (χ4n) is 0.906. The standard InChI is InChI=1S/C9H14O4/c1-7(10)3-2-4-8(11)5-6-9(12)13/h2-6H2,1H3,(H,12,13). The third kappa shape index (κ3) is 8.72. The van der Waals surface area contributed by atoms with Crippen LogP contribution >= 0.6 is 0 Å². The van der Waals surface area contributed by atoms with E-state index in [0.29, 0.717) is 19.3 Å². The van der Waals surface area contributed by atoms with E-state index in [9.17, 15) is 14.4 Å². The van der Waals surface area contributed by atoms with E-state index < -0.39 is 5.97 Å². The lowest BCUT2D eigenvalue weighted by molar-refractivity contribution is -0.138.